The van der Waals surface area contributed by atoms with Crippen molar-refractivity contribution in [3.63, 3.8) is 0 Å². The van der Waals surface area contributed by atoms with Crippen molar-refractivity contribution in [2.24, 2.45) is 0 Å². The summed E-state index contributed by atoms with van der Waals surface area (Å²) < 4.78 is 0. The fourth-order valence-corrected chi connectivity index (χ4v) is 9.58. The van der Waals surface area contributed by atoms with Crippen LogP contribution in [0.15, 0.2) is 84.9 Å². The fraction of sp³-hybridized carbons (Fsp3) is 0.244. The lowest BCUT2D eigenvalue weighted by molar-refractivity contribution is 0.494. The van der Waals surface area contributed by atoms with Crippen molar-refractivity contribution in [3.05, 3.63) is 129 Å². The molecule has 0 radical (unpaired) electrons. The molecule has 45 heavy (non-hydrogen) atoms. The fourth-order valence-electron chi connectivity index (χ4n) is 9.58. The van der Waals surface area contributed by atoms with Gasteiger partial charge in [0.2, 0.25) is 0 Å². The highest BCUT2D eigenvalue weighted by atomic mass is 14.4. The molecule has 1 aliphatic carbocycles. The van der Waals surface area contributed by atoms with E-state index in [1.807, 2.05) is 0 Å². The molecule has 0 amide bonds. The maximum Gasteiger partial charge on any atom is 0.0216 e. The quantitative estimate of drug-likeness (QED) is 0.181. The van der Waals surface area contributed by atoms with E-state index in [1.54, 1.807) is 0 Å². The van der Waals surface area contributed by atoms with Gasteiger partial charge in [-0.2, -0.15) is 0 Å². The molecule has 0 aliphatic heterocycles. The Morgan fingerprint density at radius 2 is 0.978 bits per heavy atom. The van der Waals surface area contributed by atoms with Crippen molar-refractivity contribution in [3.8, 4) is 33.4 Å². The third-order valence-corrected chi connectivity index (χ3v) is 11.2. The van der Waals surface area contributed by atoms with Gasteiger partial charge < -0.3 is 0 Å². The average Bonchev–Trinajstić information content (AvgIpc) is 3.29. The first-order chi connectivity index (χ1) is 21.7. The molecule has 0 bridgehead atoms. The van der Waals surface area contributed by atoms with Crippen molar-refractivity contribution in [1.29, 1.82) is 0 Å². The first-order valence-corrected chi connectivity index (χ1v) is 16.7. The minimum absolute atomic E-state index is 0.0220. The predicted octanol–water partition coefficient (Wildman–Crippen LogP) is 12.9. The van der Waals surface area contributed by atoms with Crippen molar-refractivity contribution >= 4 is 32.3 Å². The summed E-state index contributed by atoms with van der Waals surface area (Å²) in [5, 5.41) is 8.33. The Kier molecular flexibility index (Phi) is 6.11. The van der Waals surface area contributed by atoms with Crippen LogP contribution in [0.4, 0.5) is 0 Å². The van der Waals surface area contributed by atoms with E-state index in [-0.39, 0.29) is 5.41 Å². The van der Waals surface area contributed by atoms with E-state index in [0.717, 1.165) is 12.8 Å². The molecule has 0 heterocycles. The molecule has 8 rings (SSSR count). The number of fused-ring (bicyclic) bond motifs is 4. The van der Waals surface area contributed by atoms with E-state index < -0.39 is 0 Å². The normalized spacial score (nSPS) is 13.7. The van der Waals surface area contributed by atoms with Crippen LogP contribution in [0.25, 0.3) is 65.7 Å². The Balaban J connectivity index is 1.60. The van der Waals surface area contributed by atoms with Gasteiger partial charge in [-0.3, -0.25) is 0 Å². The first kappa shape index (κ1) is 28.1. The highest BCUT2D eigenvalue weighted by molar-refractivity contribution is 6.30. The maximum atomic E-state index is 2.51. The summed E-state index contributed by atoms with van der Waals surface area (Å²) in [5.41, 5.74) is 19.4. The molecular formula is C45H42. The van der Waals surface area contributed by atoms with Crippen LogP contribution in [0.1, 0.15) is 71.2 Å². The monoisotopic (exact) mass is 582 g/mol. The Labute approximate surface area is 268 Å². The van der Waals surface area contributed by atoms with Gasteiger partial charge in [-0.05, 0) is 166 Å². The van der Waals surface area contributed by atoms with Gasteiger partial charge in [0.05, 0.1) is 0 Å². The zero-order valence-electron chi connectivity index (χ0n) is 28.0. The molecule has 0 unspecified atom stereocenters. The van der Waals surface area contributed by atoms with Crippen molar-refractivity contribution in [2.45, 2.75) is 73.6 Å². The van der Waals surface area contributed by atoms with Crippen molar-refractivity contribution in [2.75, 3.05) is 0 Å². The number of aryl methyl sites for hydroxylation is 6. The highest BCUT2D eigenvalue weighted by Crippen LogP contribution is 2.57. The lowest BCUT2D eigenvalue weighted by atomic mass is 9.71. The third-order valence-electron chi connectivity index (χ3n) is 11.2. The summed E-state index contributed by atoms with van der Waals surface area (Å²) in [4.78, 5) is 0. The molecule has 0 N–H and O–H groups in total. The Bertz CT molecular complexity index is 2220. The molecule has 0 saturated heterocycles. The summed E-state index contributed by atoms with van der Waals surface area (Å²) in [6.07, 6.45) is 2.19. The zero-order valence-corrected chi connectivity index (χ0v) is 28.0. The van der Waals surface area contributed by atoms with Crippen LogP contribution in [0.5, 0.6) is 0 Å². The van der Waals surface area contributed by atoms with Crippen LogP contribution in [0.2, 0.25) is 0 Å². The van der Waals surface area contributed by atoms with Crippen LogP contribution in [-0.4, -0.2) is 0 Å². The van der Waals surface area contributed by atoms with Crippen molar-refractivity contribution < 1.29 is 0 Å². The smallest absolute Gasteiger partial charge is 0.0216 e. The highest BCUT2D eigenvalue weighted by Gasteiger charge is 2.42. The van der Waals surface area contributed by atoms with Gasteiger partial charge in [-0.1, -0.05) is 97.8 Å². The molecule has 1 aliphatic rings. The summed E-state index contributed by atoms with van der Waals surface area (Å²) in [5.74, 6) is 0. The standard InChI is InChI=1S/C45H42/c1-9-45(10-2)39-14-12-11-13-32(39)38-23-31-15-16-33-36(40-27(5)19-25(3)20-28(40)6)24-37(41-29(7)21-26(4)22-30(41)8)34-17-18-35(44(38)45)42(31)43(33)34/h11-24H,9-10H2,1-8H3. The molecule has 0 nitrogen and oxygen atoms in total. The zero-order chi connectivity index (χ0) is 31.4. The Hall–Kier alpha value is -4.42. The van der Waals surface area contributed by atoms with Gasteiger partial charge in [0.1, 0.15) is 0 Å². The molecule has 0 aromatic heterocycles. The predicted molar refractivity (Wildman–Crippen MR) is 196 cm³/mol. The molecule has 0 fully saturated rings. The minimum atomic E-state index is 0.0220. The first-order valence-electron chi connectivity index (χ1n) is 16.7. The second kappa shape index (κ2) is 9.79. The SMILES string of the molecule is CCC1(CC)c2ccccc2-c2cc3ccc4c(-c5c(C)cc(C)cc5C)cc(-c5c(C)cc(C)cc5C)c5ccc(c21)c3c45. The number of hydrogen-bond acceptors (Lipinski definition) is 0. The molecule has 7 aromatic rings. The number of benzene rings is 7. The minimum Gasteiger partial charge on any atom is -0.0642 e. The van der Waals surface area contributed by atoms with Crippen LogP contribution in [-0.2, 0) is 5.41 Å². The van der Waals surface area contributed by atoms with Gasteiger partial charge in [0.15, 0.2) is 0 Å². The average molecular weight is 583 g/mol. The molecule has 0 heteroatoms. The van der Waals surface area contributed by atoms with E-state index in [2.05, 4.69) is 140 Å². The number of hydrogen-bond donors (Lipinski definition) is 0. The molecule has 222 valence electrons. The summed E-state index contributed by atoms with van der Waals surface area (Å²) in [6, 6.07) is 33.3. The second-order valence-corrected chi connectivity index (χ2v) is 13.9. The van der Waals surface area contributed by atoms with Crippen molar-refractivity contribution in [1.82, 2.24) is 0 Å². The third kappa shape index (κ3) is 3.72. The topological polar surface area (TPSA) is 0 Å². The molecule has 0 spiro atoms. The summed E-state index contributed by atoms with van der Waals surface area (Å²) >= 11 is 0. The Morgan fingerprint density at radius 1 is 0.467 bits per heavy atom. The van der Waals surface area contributed by atoms with Gasteiger partial charge in [-0.15, -0.1) is 0 Å². The van der Waals surface area contributed by atoms with Crippen LogP contribution in [0, 0.1) is 41.5 Å². The van der Waals surface area contributed by atoms with E-state index in [1.165, 1.54) is 110 Å². The van der Waals surface area contributed by atoms with E-state index in [0.29, 0.717) is 0 Å². The second-order valence-electron chi connectivity index (χ2n) is 13.9. The maximum absolute atomic E-state index is 2.51. The lowest BCUT2D eigenvalue weighted by Gasteiger charge is -2.31. The summed E-state index contributed by atoms with van der Waals surface area (Å²) in [6.45, 7) is 18.3. The van der Waals surface area contributed by atoms with Gasteiger partial charge in [0.25, 0.3) is 0 Å². The van der Waals surface area contributed by atoms with Gasteiger partial charge in [-0.25, -0.2) is 0 Å². The molecular weight excluding hydrogens is 540 g/mol. The van der Waals surface area contributed by atoms with Crippen LogP contribution in [0.3, 0.4) is 0 Å². The van der Waals surface area contributed by atoms with E-state index in [9.17, 15) is 0 Å². The molecule has 7 aromatic carbocycles. The molecule has 0 atom stereocenters. The van der Waals surface area contributed by atoms with E-state index in [4.69, 9.17) is 0 Å². The van der Waals surface area contributed by atoms with Gasteiger partial charge in [0, 0.05) is 5.41 Å². The lowest BCUT2D eigenvalue weighted by Crippen LogP contribution is -2.23. The van der Waals surface area contributed by atoms with Crippen LogP contribution >= 0.6 is 0 Å². The number of rotatable bonds is 4. The van der Waals surface area contributed by atoms with Crippen LogP contribution < -0.4 is 0 Å². The summed E-state index contributed by atoms with van der Waals surface area (Å²) in [7, 11) is 0. The van der Waals surface area contributed by atoms with E-state index >= 15 is 0 Å². The molecule has 0 saturated carbocycles. The largest absolute Gasteiger partial charge is 0.0642 e. The van der Waals surface area contributed by atoms with Gasteiger partial charge >= 0.3 is 0 Å². The Morgan fingerprint density at radius 3 is 1.53 bits per heavy atom.